The van der Waals surface area contributed by atoms with E-state index < -0.39 is 34.0 Å². The molecule has 1 aliphatic heterocycles. The topological polar surface area (TPSA) is 65.0 Å². The van der Waals surface area contributed by atoms with E-state index in [9.17, 15) is 21.6 Å². The first kappa shape index (κ1) is 21.3. The number of hydrogen-bond donors (Lipinski definition) is 0. The summed E-state index contributed by atoms with van der Waals surface area (Å²) in [5, 5.41) is 3.61. The molecule has 150 valence electrons. The standard InChI is InChI=1S/C18H22F3NO4S/c1-12(2)14(10-27(23,24)16-9-17(3,4)26-22-16)13-7-5-6-8-15(13)25-11-18(19,20)21/h5-8H,9-11H2,1-4H3. The second-order valence-corrected chi connectivity index (χ2v) is 9.14. The van der Waals surface area contributed by atoms with Crippen molar-refractivity contribution in [2.75, 3.05) is 12.4 Å². The summed E-state index contributed by atoms with van der Waals surface area (Å²) in [4.78, 5) is 5.13. The monoisotopic (exact) mass is 405 g/mol. The Kier molecular flexibility index (Phi) is 5.94. The van der Waals surface area contributed by atoms with Crippen LogP contribution < -0.4 is 4.74 Å². The zero-order valence-corrected chi connectivity index (χ0v) is 16.4. The lowest BCUT2D eigenvalue weighted by molar-refractivity contribution is -0.153. The van der Waals surface area contributed by atoms with E-state index in [4.69, 9.17) is 9.57 Å². The summed E-state index contributed by atoms with van der Waals surface area (Å²) in [6, 6.07) is 6.07. The summed E-state index contributed by atoms with van der Waals surface area (Å²) in [6.45, 7) is 5.38. The maximum Gasteiger partial charge on any atom is 0.422 e. The van der Waals surface area contributed by atoms with Crippen LogP contribution in [0, 0.1) is 0 Å². The van der Waals surface area contributed by atoms with Gasteiger partial charge in [-0.2, -0.15) is 13.2 Å². The largest absolute Gasteiger partial charge is 0.483 e. The fourth-order valence-corrected chi connectivity index (χ4v) is 4.25. The van der Waals surface area contributed by atoms with Crippen LogP contribution >= 0.6 is 0 Å². The molecule has 0 saturated heterocycles. The molecule has 5 nitrogen and oxygen atoms in total. The van der Waals surface area contributed by atoms with Gasteiger partial charge in [-0.15, -0.1) is 0 Å². The van der Waals surface area contributed by atoms with Crippen LogP contribution in [0.15, 0.2) is 35.0 Å². The molecule has 0 radical (unpaired) electrons. The minimum atomic E-state index is -4.49. The summed E-state index contributed by atoms with van der Waals surface area (Å²) in [5.74, 6) is -0.425. The van der Waals surface area contributed by atoms with Crippen LogP contribution in [0.2, 0.25) is 0 Å². The third kappa shape index (κ3) is 5.72. The van der Waals surface area contributed by atoms with Gasteiger partial charge in [-0.3, -0.25) is 0 Å². The SMILES string of the molecule is CC(C)=C(CS(=O)(=O)C1=NOC(C)(C)C1)c1ccccc1OCC(F)(F)F. The Hall–Kier alpha value is -2.03. The second kappa shape index (κ2) is 7.53. The molecule has 27 heavy (non-hydrogen) atoms. The fraction of sp³-hybridized carbons (Fsp3) is 0.500. The summed E-state index contributed by atoms with van der Waals surface area (Å²) >= 11 is 0. The number of rotatable bonds is 5. The van der Waals surface area contributed by atoms with E-state index in [0.717, 1.165) is 0 Å². The zero-order valence-electron chi connectivity index (χ0n) is 15.6. The Balaban J connectivity index is 2.34. The smallest absolute Gasteiger partial charge is 0.422 e. The molecular formula is C18H22F3NO4S. The third-order valence-corrected chi connectivity index (χ3v) is 5.48. The van der Waals surface area contributed by atoms with Crippen molar-refractivity contribution in [2.24, 2.45) is 5.16 Å². The van der Waals surface area contributed by atoms with Gasteiger partial charge >= 0.3 is 6.18 Å². The molecule has 1 aliphatic rings. The van der Waals surface area contributed by atoms with Crippen molar-refractivity contribution >= 4 is 20.5 Å². The average Bonchev–Trinajstić information content (AvgIpc) is 2.91. The highest BCUT2D eigenvalue weighted by molar-refractivity contribution is 8.06. The minimum absolute atomic E-state index is 0.0221. The van der Waals surface area contributed by atoms with Crippen molar-refractivity contribution in [3.8, 4) is 5.75 Å². The molecule has 0 N–H and O–H groups in total. The molecule has 0 aliphatic carbocycles. The number of oxime groups is 1. The Morgan fingerprint density at radius 1 is 1.26 bits per heavy atom. The van der Waals surface area contributed by atoms with Crippen molar-refractivity contribution in [3.05, 3.63) is 35.4 Å². The highest BCUT2D eigenvalue weighted by Gasteiger charge is 2.37. The van der Waals surface area contributed by atoms with Crippen molar-refractivity contribution in [1.29, 1.82) is 0 Å². The minimum Gasteiger partial charge on any atom is -0.483 e. The second-order valence-electron chi connectivity index (χ2n) is 7.15. The molecule has 2 rings (SSSR count). The fourth-order valence-electron chi connectivity index (χ4n) is 2.54. The normalized spacial score (nSPS) is 16.5. The maximum atomic E-state index is 12.8. The Morgan fingerprint density at radius 2 is 1.89 bits per heavy atom. The molecule has 0 amide bonds. The van der Waals surface area contributed by atoms with E-state index in [0.29, 0.717) is 16.7 Å². The molecule has 0 atom stereocenters. The number of halogens is 3. The van der Waals surface area contributed by atoms with Gasteiger partial charge in [0.2, 0.25) is 0 Å². The van der Waals surface area contributed by atoms with E-state index in [1.54, 1.807) is 39.8 Å². The van der Waals surface area contributed by atoms with Gasteiger partial charge in [-0.05, 0) is 39.3 Å². The van der Waals surface area contributed by atoms with Gasteiger partial charge < -0.3 is 9.57 Å². The number of ether oxygens (including phenoxy) is 1. The highest BCUT2D eigenvalue weighted by Crippen LogP contribution is 2.33. The van der Waals surface area contributed by atoms with Gasteiger partial charge in [0, 0.05) is 12.0 Å². The van der Waals surface area contributed by atoms with Crippen LogP contribution in [-0.4, -0.2) is 37.6 Å². The first-order chi connectivity index (χ1) is 12.3. The molecule has 0 fully saturated rings. The lowest BCUT2D eigenvalue weighted by Crippen LogP contribution is -2.24. The predicted octanol–water partition coefficient (Wildman–Crippen LogP) is 4.35. The van der Waals surface area contributed by atoms with E-state index >= 15 is 0 Å². The number of nitrogens with zero attached hydrogens (tertiary/aromatic N) is 1. The number of para-hydroxylation sites is 1. The van der Waals surface area contributed by atoms with Crippen molar-refractivity contribution in [3.63, 3.8) is 0 Å². The molecule has 0 bridgehead atoms. The summed E-state index contributed by atoms with van der Waals surface area (Å²) in [7, 11) is -3.79. The van der Waals surface area contributed by atoms with Gasteiger partial charge in [0.15, 0.2) is 21.5 Å². The molecule has 0 saturated carbocycles. The maximum absolute atomic E-state index is 12.8. The summed E-state index contributed by atoms with van der Waals surface area (Å²) in [6.07, 6.45) is -4.36. The predicted molar refractivity (Wildman–Crippen MR) is 97.3 cm³/mol. The van der Waals surface area contributed by atoms with E-state index in [1.807, 2.05) is 0 Å². The van der Waals surface area contributed by atoms with Gasteiger partial charge in [0.25, 0.3) is 0 Å². The van der Waals surface area contributed by atoms with E-state index in [1.165, 1.54) is 12.1 Å². The van der Waals surface area contributed by atoms with E-state index in [2.05, 4.69) is 5.16 Å². The Morgan fingerprint density at radius 3 is 2.41 bits per heavy atom. The molecule has 1 aromatic rings. The third-order valence-electron chi connectivity index (χ3n) is 3.87. The van der Waals surface area contributed by atoms with Crippen LogP contribution in [0.25, 0.3) is 5.57 Å². The van der Waals surface area contributed by atoms with E-state index in [-0.39, 0.29) is 17.2 Å². The number of sulfone groups is 1. The summed E-state index contributed by atoms with van der Waals surface area (Å²) in [5.41, 5.74) is 0.631. The summed E-state index contributed by atoms with van der Waals surface area (Å²) < 4.78 is 68.0. The van der Waals surface area contributed by atoms with Gasteiger partial charge in [-0.1, -0.05) is 28.9 Å². The first-order valence-electron chi connectivity index (χ1n) is 8.24. The molecule has 0 aromatic heterocycles. The Labute approximate surface area is 156 Å². The number of hydrogen-bond acceptors (Lipinski definition) is 5. The van der Waals surface area contributed by atoms with Crippen LogP contribution in [-0.2, 0) is 14.7 Å². The molecule has 1 heterocycles. The average molecular weight is 405 g/mol. The number of benzene rings is 1. The molecule has 0 unspecified atom stereocenters. The van der Waals surface area contributed by atoms with Gasteiger partial charge in [-0.25, -0.2) is 8.42 Å². The number of alkyl halides is 3. The highest BCUT2D eigenvalue weighted by atomic mass is 32.2. The van der Waals surface area contributed by atoms with Crippen LogP contribution in [0.5, 0.6) is 5.75 Å². The Bertz CT molecular complexity index is 867. The zero-order chi connectivity index (χ0) is 20.5. The van der Waals surface area contributed by atoms with Crippen molar-refractivity contribution < 1.29 is 31.2 Å². The van der Waals surface area contributed by atoms with Crippen LogP contribution in [0.3, 0.4) is 0 Å². The molecule has 9 heteroatoms. The lowest BCUT2D eigenvalue weighted by Gasteiger charge is -2.17. The quantitative estimate of drug-likeness (QED) is 0.731. The first-order valence-corrected chi connectivity index (χ1v) is 9.89. The van der Waals surface area contributed by atoms with Crippen molar-refractivity contribution in [1.82, 2.24) is 0 Å². The van der Waals surface area contributed by atoms with Crippen LogP contribution in [0.4, 0.5) is 13.2 Å². The molecular weight excluding hydrogens is 383 g/mol. The molecule has 0 spiro atoms. The van der Waals surface area contributed by atoms with Gasteiger partial charge in [0.05, 0.1) is 5.75 Å². The number of allylic oxidation sites excluding steroid dienone is 1. The van der Waals surface area contributed by atoms with Crippen LogP contribution in [0.1, 0.15) is 39.7 Å². The molecule has 1 aromatic carbocycles. The lowest BCUT2D eigenvalue weighted by atomic mass is 10.0. The van der Waals surface area contributed by atoms with Crippen molar-refractivity contribution in [2.45, 2.75) is 45.9 Å². The van der Waals surface area contributed by atoms with Gasteiger partial charge in [0.1, 0.15) is 11.4 Å².